The van der Waals surface area contributed by atoms with E-state index in [4.69, 9.17) is 4.74 Å². The molecule has 18 heavy (non-hydrogen) atoms. The van der Waals surface area contributed by atoms with Gasteiger partial charge in [0.1, 0.15) is 0 Å². The third kappa shape index (κ3) is 3.78. The van der Waals surface area contributed by atoms with Crippen molar-refractivity contribution in [3.8, 4) is 0 Å². The number of amides is 1. The number of carbonyl (C=O) groups excluding carboxylic acids is 1. The van der Waals surface area contributed by atoms with E-state index in [1.807, 2.05) is 19.1 Å². The average molecular weight is 249 g/mol. The van der Waals surface area contributed by atoms with E-state index >= 15 is 0 Å². The van der Waals surface area contributed by atoms with Crippen molar-refractivity contribution in [3.05, 3.63) is 29.6 Å². The van der Waals surface area contributed by atoms with Crippen LogP contribution in [-0.4, -0.2) is 43.2 Å². The second kappa shape index (κ2) is 6.47. The van der Waals surface area contributed by atoms with Gasteiger partial charge in [-0.3, -0.25) is 9.78 Å². The highest BCUT2D eigenvalue weighted by Crippen LogP contribution is 2.03. The number of carbonyl (C=O) groups is 1. The lowest BCUT2D eigenvalue weighted by Gasteiger charge is -2.23. The van der Waals surface area contributed by atoms with Crippen LogP contribution < -0.4 is 10.6 Å². The van der Waals surface area contributed by atoms with Gasteiger partial charge in [-0.1, -0.05) is 6.07 Å². The van der Waals surface area contributed by atoms with Gasteiger partial charge < -0.3 is 15.4 Å². The van der Waals surface area contributed by atoms with Gasteiger partial charge in [0.25, 0.3) is 0 Å². The minimum atomic E-state index is 0.00386. The van der Waals surface area contributed by atoms with E-state index in [1.165, 1.54) is 0 Å². The average Bonchev–Trinajstić information content (AvgIpc) is 2.40. The summed E-state index contributed by atoms with van der Waals surface area (Å²) in [6.45, 7) is 4.82. The molecule has 98 valence electrons. The minimum absolute atomic E-state index is 0.00386. The number of morpholine rings is 1. The van der Waals surface area contributed by atoms with Gasteiger partial charge in [0, 0.05) is 25.3 Å². The van der Waals surface area contributed by atoms with Crippen LogP contribution in [0.1, 0.15) is 11.3 Å². The summed E-state index contributed by atoms with van der Waals surface area (Å²) >= 11 is 0. The number of hydrogen-bond donors (Lipinski definition) is 2. The Morgan fingerprint density at radius 3 is 3.28 bits per heavy atom. The van der Waals surface area contributed by atoms with E-state index in [0.29, 0.717) is 19.6 Å². The first-order valence-electron chi connectivity index (χ1n) is 6.24. The molecular formula is C13H19N3O2. The molecule has 2 N–H and O–H groups in total. The molecule has 0 radical (unpaired) electrons. The maximum Gasteiger partial charge on any atom is 0.226 e. The molecule has 0 aromatic carbocycles. The van der Waals surface area contributed by atoms with E-state index in [2.05, 4.69) is 15.6 Å². The third-order valence-corrected chi connectivity index (χ3v) is 2.99. The Morgan fingerprint density at radius 2 is 2.56 bits per heavy atom. The first-order valence-corrected chi connectivity index (χ1v) is 6.24. The molecule has 1 atom stereocenters. The molecule has 5 heteroatoms. The highest BCUT2D eigenvalue weighted by Gasteiger charge is 2.14. The highest BCUT2D eigenvalue weighted by atomic mass is 16.5. The highest BCUT2D eigenvalue weighted by molar-refractivity contribution is 5.78. The van der Waals surface area contributed by atoms with Crippen molar-refractivity contribution in [1.82, 2.24) is 15.6 Å². The molecule has 1 unspecified atom stereocenters. The van der Waals surface area contributed by atoms with E-state index in [1.54, 1.807) is 6.20 Å². The van der Waals surface area contributed by atoms with Crippen LogP contribution >= 0.6 is 0 Å². The molecule has 0 aliphatic carbocycles. The van der Waals surface area contributed by atoms with Crippen molar-refractivity contribution in [2.75, 3.05) is 26.3 Å². The van der Waals surface area contributed by atoms with Crippen molar-refractivity contribution in [1.29, 1.82) is 0 Å². The van der Waals surface area contributed by atoms with E-state index < -0.39 is 0 Å². The summed E-state index contributed by atoms with van der Waals surface area (Å²) in [4.78, 5) is 16.0. The van der Waals surface area contributed by atoms with Gasteiger partial charge in [-0.25, -0.2) is 0 Å². The lowest BCUT2D eigenvalue weighted by Crippen LogP contribution is -2.48. The predicted molar refractivity (Wildman–Crippen MR) is 68.3 cm³/mol. The molecule has 1 aromatic rings. The summed E-state index contributed by atoms with van der Waals surface area (Å²) in [7, 11) is 0. The van der Waals surface area contributed by atoms with Gasteiger partial charge in [0.2, 0.25) is 5.91 Å². The van der Waals surface area contributed by atoms with Gasteiger partial charge in [-0.2, -0.15) is 0 Å². The Morgan fingerprint density at radius 1 is 1.67 bits per heavy atom. The Bertz CT molecular complexity index is 403. The van der Waals surface area contributed by atoms with Gasteiger partial charge in [-0.15, -0.1) is 0 Å². The summed E-state index contributed by atoms with van der Waals surface area (Å²) in [5.41, 5.74) is 1.88. The van der Waals surface area contributed by atoms with E-state index in [-0.39, 0.29) is 11.9 Å². The number of ether oxygens (including phenoxy) is 1. The van der Waals surface area contributed by atoms with Crippen molar-refractivity contribution in [2.45, 2.75) is 19.4 Å². The summed E-state index contributed by atoms with van der Waals surface area (Å²) in [6, 6.07) is 4.05. The standard InChI is InChI=1S/C13H19N3O2/c1-10-3-2-4-15-12(10)7-13(17)16-8-11-9-18-6-5-14-11/h2-4,11,14H,5-9H2,1H3,(H,16,17). The van der Waals surface area contributed by atoms with Crippen LogP contribution in [0, 0.1) is 6.92 Å². The molecule has 1 fully saturated rings. The van der Waals surface area contributed by atoms with Crippen LogP contribution in [0.4, 0.5) is 0 Å². The van der Waals surface area contributed by atoms with Crippen LogP contribution in [0.5, 0.6) is 0 Å². The zero-order chi connectivity index (χ0) is 12.8. The zero-order valence-corrected chi connectivity index (χ0v) is 10.6. The minimum Gasteiger partial charge on any atom is -0.378 e. The predicted octanol–water partition coefficient (Wildman–Crippen LogP) is 0.0371. The van der Waals surface area contributed by atoms with Gasteiger partial charge in [0.05, 0.1) is 25.3 Å². The summed E-state index contributed by atoms with van der Waals surface area (Å²) in [5.74, 6) is 0.00386. The van der Waals surface area contributed by atoms with Crippen LogP contribution in [-0.2, 0) is 16.0 Å². The Hall–Kier alpha value is -1.46. The van der Waals surface area contributed by atoms with Gasteiger partial charge >= 0.3 is 0 Å². The Kier molecular flexibility index (Phi) is 4.66. The number of aryl methyl sites for hydroxylation is 1. The van der Waals surface area contributed by atoms with Gasteiger partial charge in [0.15, 0.2) is 0 Å². The molecule has 2 heterocycles. The smallest absolute Gasteiger partial charge is 0.226 e. The molecule has 1 aromatic heterocycles. The lowest BCUT2D eigenvalue weighted by molar-refractivity contribution is -0.120. The van der Waals surface area contributed by atoms with Crippen molar-refractivity contribution >= 4 is 5.91 Å². The quantitative estimate of drug-likeness (QED) is 0.790. The number of nitrogens with one attached hydrogen (secondary N) is 2. The fourth-order valence-electron chi connectivity index (χ4n) is 1.91. The van der Waals surface area contributed by atoms with Crippen molar-refractivity contribution in [2.24, 2.45) is 0 Å². The molecule has 2 rings (SSSR count). The topological polar surface area (TPSA) is 63.2 Å². The first-order chi connectivity index (χ1) is 8.75. The number of pyridine rings is 1. The molecule has 0 spiro atoms. The van der Waals surface area contributed by atoms with Crippen LogP contribution in [0.2, 0.25) is 0 Å². The lowest BCUT2D eigenvalue weighted by atomic mass is 10.1. The monoisotopic (exact) mass is 249 g/mol. The molecule has 0 bridgehead atoms. The molecule has 0 saturated carbocycles. The number of nitrogens with zero attached hydrogens (tertiary/aromatic N) is 1. The van der Waals surface area contributed by atoms with Crippen molar-refractivity contribution < 1.29 is 9.53 Å². The summed E-state index contributed by atoms with van der Waals surface area (Å²) < 4.78 is 5.33. The molecule has 1 aliphatic heterocycles. The Balaban J connectivity index is 1.76. The van der Waals surface area contributed by atoms with E-state index in [0.717, 1.165) is 24.4 Å². The van der Waals surface area contributed by atoms with Crippen LogP contribution in [0.25, 0.3) is 0 Å². The molecule has 1 amide bonds. The maximum absolute atomic E-state index is 11.8. The zero-order valence-electron chi connectivity index (χ0n) is 10.6. The molecule has 1 aliphatic rings. The first kappa shape index (κ1) is 13.0. The molecule has 1 saturated heterocycles. The second-order valence-electron chi connectivity index (χ2n) is 4.47. The third-order valence-electron chi connectivity index (χ3n) is 2.99. The summed E-state index contributed by atoms with van der Waals surface area (Å²) in [6.07, 6.45) is 2.05. The second-order valence-corrected chi connectivity index (χ2v) is 4.47. The number of hydrogen-bond acceptors (Lipinski definition) is 4. The normalized spacial score (nSPS) is 19.5. The van der Waals surface area contributed by atoms with E-state index in [9.17, 15) is 4.79 Å². The maximum atomic E-state index is 11.8. The van der Waals surface area contributed by atoms with Gasteiger partial charge in [-0.05, 0) is 18.6 Å². The molecular weight excluding hydrogens is 230 g/mol. The largest absolute Gasteiger partial charge is 0.378 e. The summed E-state index contributed by atoms with van der Waals surface area (Å²) in [5, 5.41) is 6.20. The van der Waals surface area contributed by atoms with Crippen LogP contribution in [0.15, 0.2) is 18.3 Å². The number of rotatable bonds is 4. The fourth-order valence-corrected chi connectivity index (χ4v) is 1.91. The Labute approximate surface area is 107 Å². The molecule has 5 nitrogen and oxygen atoms in total. The fraction of sp³-hybridized carbons (Fsp3) is 0.538. The SMILES string of the molecule is Cc1cccnc1CC(=O)NCC1COCCN1. The van der Waals surface area contributed by atoms with Crippen LogP contribution in [0.3, 0.4) is 0 Å². The van der Waals surface area contributed by atoms with Crippen molar-refractivity contribution in [3.63, 3.8) is 0 Å². The number of aromatic nitrogens is 1.